The van der Waals surface area contributed by atoms with E-state index in [1.165, 1.54) is 0 Å². The maximum Gasteiger partial charge on any atom is 0.250 e. The smallest absolute Gasteiger partial charge is 0.250 e. The average Bonchev–Trinajstić information content (AvgIpc) is 3.09. The summed E-state index contributed by atoms with van der Waals surface area (Å²) in [5.74, 6) is 2.40. The van der Waals surface area contributed by atoms with Crippen LogP contribution in [-0.2, 0) is 0 Å². The fourth-order valence-corrected chi connectivity index (χ4v) is 3.21. The molecular formula is C17H20Cl2N4O3. The summed E-state index contributed by atoms with van der Waals surface area (Å²) in [6.45, 7) is 3.78. The van der Waals surface area contributed by atoms with E-state index in [4.69, 9.17) is 25.6 Å². The van der Waals surface area contributed by atoms with Gasteiger partial charge in [0, 0.05) is 25.7 Å². The molecule has 0 aliphatic carbocycles. The van der Waals surface area contributed by atoms with E-state index < -0.39 is 0 Å². The molecule has 9 heteroatoms. The van der Waals surface area contributed by atoms with Gasteiger partial charge in [0.15, 0.2) is 17.3 Å². The molecule has 1 N–H and O–H groups in total. The average molecular weight is 399 g/mol. The standard InChI is InChI=1S/C17H19ClN4O3.ClH/c1-22-5-4-19-10-13(22)17-20-15(25-21-17)3-2-11-8-12(18)16-14(9-11)23-6-7-24-16;/h2-3,8-9,13,19H,4-7,10H2,1H3;1H/b3-2+;. The highest BCUT2D eigenvalue weighted by molar-refractivity contribution is 6.32. The van der Waals surface area contributed by atoms with Crippen molar-refractivity contribution in [2.24, 2.45) is 0 Å². The lowest BCUT2D eigenvalue weighted by atomic mass is 10.1. The molecule has 7 nitrogen and oxygen atoms in total. The van der Waals surface area contributed by atoms with Crippen molar-refractivity contribution in [2.45, 2.75) is 6.04 Å². The zero-order valence-electron chi connectivity index (χ0n) is 14.3. The van der Waals surface area contributed by atoms with Crippen molar-refractivity contribution in [2.75, 3.05) is 39.9 Å². The first-order valence-corrected chi connectivity index (χ1v) is 8.60. The van der Waals surface area contributed by atoms with Crippen molar-refractivity contribution in [3.8, 4) is 11.5 Å². The molecule has 0 amide bonds. The van der Waals surface area contributed by atoms with Gasteiger partial charge in [0.25, 0.3) is 5.89 Å². The van der Waals surface area contributed by atoms with E-state index in [0.29, 0.717) is 41.5 Å². The molecule has 0 radical (unpaired) electrons. The second kappa shape index (κ2) is 8.26. The second-order valence-corrected chi connectivity index (χ2v) is 6.46. The van der Waals surface area contributed by atoms with Gasteiger partial charge in [0.05, 0.1) is 11.1 Å². The fraction of sp³-hybridized carbons (Fsp3) is 0.412. The van der Waals surface area contributed by atoms with E-state index in [1.54, 1.807) is 6.08 Å². The van der Waals surface area contributed by atoms with Gasteiger partial charge in [0.1, 0.15) is 13.2 Å². The van der Waals surface area contributed by atoms with Gasteiger partial charge in [-0.25, -0.2) is 0 Å². The lowest BCUT2D eigenvalue weighted by Gasteiger charge is -2.30. The van der Waals surface area contributed by atoms with Gasteiger partial charge < -0.3 is 19.3 Å². The molecule has 1 aromatic carbocycles. The molecule has 0 spiro atoms. The van der Waals surface area contributed by atoms with Crippen LogP contribution in [0.5, 0.6) is 11.5 Å². The summed E-state index contributed by atoms with van der Waals surface area (Å²) in [5.41, 5.74) is 0.880. The van der Waals surface area contributed by atoms with Crippen molar-refractivity contribution < 1.29 is 14.0 Å². The molecule has 0 bridgehead atoms. The van der Waals surface area contributed by atoms with Crippen LogP contribution >= 0.6 is 24.0 Å². The Kier molecular flexibility index (Phi) is 6.03. The molecule has 1 atom stereocenters. The molecule has 1 saturated heterocycles. The Labute approximate surface area is 162 Å². The first-order valence-electron chi connectivity index (χ1n) is 8.22. The van der Waals surface area contributed by atoms with Crippen LogP contribution in [-0.4, -0.2) is 54.9 Å². The molecule has 4 rings (SSSR count). The molecule has 2 aromatic rings. The van der Waals surface area contributed by atoms with E-state index >= 15 is 0 Å². The summed E-state index contributed by atoms with van der Waals surface area (Å²) < 4.78 is 16.4. The third-order valence-electron chi connectivity index (χ3n) is 4.30. The molecule has 1 fully saturated rings. The summed E-state index contributed by atoms with van der Waals surface area (Å²) in [5, 5.41) is 7.97. The number of nitrogens with zero attached hydrogens (tertiary/aromatic N) is 3. The summed E-state index contributed by atoms with van der Waals surface area (Å²) in [6.07, 6.45) is 3.64. The van der Waals surface area contributed by atoms with Gasteiger partial charge in [-0.2, -0.15) is 4.98 Å². The normalized spacial score (nSPS) is 20.2. The van der Waals surface area contributed by atoms with Crippen LogP contribution in [0.1, 0.15) is 23.3 Å². The highest BCUT2D eigenvalue weighted by Crippen LogP contribution is 2.38. The maximum atomic E-state index is 6.25. The number of rotatable bonds is 3. The minimum absolute atomic E-state index is 0. The lowest BCUT2D eigenvalue weighted by Crippen LogP contribution is -2.44. The second-order valence-electron chi connectivity index (χ2n) is 6.05. The molecule has 3 heterocycles. The van der Waals surface area contributed by atoms with Crippen molar-refractivity contribution in [3.05, 3.63) is 34.4 Å². The van der Waals surface area contributed by atoms with Gasteiger partial charge >= 0.3 is 0 Å². The number of hydrogen-bond donors (Lipinski definition) is 1. The predicted octanol–water partition coefficient (Wildman–Crippen LogP) is 2.66. The van der Waals surface area contributed by atoms with Crippen molar-refractivity contribution >= 4 is 36.2 Å². The van der Waals surface area contributed by atoms with E-state index in [0.717, 1.165) is 25.2 Å². The summed E-state index contributed by atoms with van der Waals surface area (Å²) >= 11 is 6.25. The number of hydrogen-bond acceptors (Lipinski definition) is 7. The number of fused-ring (bicyclic) bond motifs is 1. The zero-order valence-corrected chi connectivity index (χ0v) is 15.8. The van der Waals surface area contributed by atoms with E-state index in [2.05, 4.69) is 27.4 Å². The topological polar surface area (TPSA) is 72.7 Å². The lowest BCUT2D eigenvalue weighted by molar-refractivity contribution is 0.171. The van der Waals surface area contributed by atoms with E-state index in [9.17, 15) is 0 Å². The predicted molar refractivity (Wildman–Crippen MR) is 101 cm³/mol. The van der Waals surface area contributed by atoms with Crippen LogP contribution in [0.3, 0.4) is 0 Å². The number of piperazine rings is 1. The number of ether oxygens (including phenoxy) is 2. The van der Waals surface area contributed by atoms with Crippen LogP contribution in [0.4, 0.5) is 0 Å². The van der Waals surface area contributed by atoms with Crippen molar-refractivity contribution in [1.82, 2.24) is 20.4 Å². The first kappa shape index (κ1) is 19.0. The largest absolute Gasteiger partial charge is 0.486 e. The summed E-state index contributed by atoms with van der Waals surface area (Å²) in [6, 6.07) is 3.83. The maximum absolute atomic E-state index is 6.25. The third-order valence-corrected chi connectivity index (χ3v) is 4.58. The van der Waals surface area contributed by atoms with Crippen molar-refractivity contribution in [3.63, 3.8) is 0 Å². The zero-order chi connectivity index (χ0) is 17.2. The van der Waals surface area contributed by atoms with Crippen LogP contribution in [0, 0.1) is 0 Å². The molecule has 1 aromatic heterocycles. The molecule has 1 unspecified atom stereocenters. The number of halogens is 2. The fourth-order valence-electron chi connectivity index (χ4n) is 2.94. The SMILES string of the molecule is CN1CCNCC1c1noc(/C=C/c2cc(Cl)c3c(c2)OCCO3)n1.Cl. The number of benzene rings is 1. The summed E-state index contributed by atoms with van der Waals surface area (Å²) in [7, 11) is 2.06. The van der Waals surface area contributed by atoms with E-state index in [1.807, 2.05) is 18.2 Å². The molecule has 26 heavy (non-hydrogen) atoms. The Morgan fingerprint density at radius 1 is 1.27 bits per heavy atom. The quantitative estimate of drug-likeness (QED) is 0.851. The Balaban J connectivity index is 0.00000196. The minimum atomic E-state index is 0. The Hall–Kier alpha value is -1.80. The monoisotopic (exact) mass is 398 g/mol. The van der Waals surface area contributed by atoms with Gasteiger partial charge in [-0.05, 0) is 30.8 Å². The van der Waals surface area contributed by atoms with Crippen LogP contribution in [0.2, 0.25) is 5.02 Å². The molecule has 2 aliphatic heterocycles. The molecule has 0 saturated carbocycles. The van der Waals surface area contributed by atoms with Crippen LogP contribution in [0.25, 0.3) is 12.2 Å². The Morgan fingerprint density at radius 3 is 2.96 bits per heavy atom. The minimum Gasteiger partial charge on any atom is -0.486 e. The highest BCUT2D eigenvalue weighted by Gasteiger charge is 2.24. The number of aromatic nitrogens is 2. The van der Waals surface area contributed by atoms with Gasteiger partial charge in [-0.15, -0.1) is 12.4 Å². The van der Waals surface area contributed by atoms with Gasteiger partial charge in [-0.3, -0.25) is 4.90 Å². The molecule has 2 aliphatic rings. The van der Waals surface area contributed by atoms with Crippen LogP contribution in [0.15, 0.2) is 16.7 Å². The number of nitrogens with one attached hydrogen (secondary N) is 1. The molecule has 140 valence electrons. The van der Waals surface area contributed by atoms with Gasteiger partial charge in [-0.1, -0.05) is 16.8 Å². The first-order chi connectivity index (χ1) is 12.2. The Bertz CT molecular complexity index is 796. The highest BCUT2D eigenvalue weighted by atomic mass is 35.5. The summed E-state index contributed by atoms with van der Waals surface area (Å²) in [4.78, 5) is 6.69. The number of likely N-dealkylation sites (N-methyl/N-ethyl adjacent to an activating group) is 1. The van der Waals surface area contributed by atoms with Gasteiger partial charge in [0.2, 0.25) is 0 Å². The molecular weight excluding hydrogens is 379 g/mol. The van der Waals surface area contributed by atoms with Crippen molar-refractivity contribution in [1.29, 1.82) is 0 Å². The third kappa shape index (κ3) is 3.96. The van der Waals surface area contributed by atoms with Crippen LogP contribution < -0.4 is 14.8 Å². The Morgan fingerprint density at radius 2 is 2.12 bits per heavy atom. The van der Waals surface area contributed by atoms with E-state index in [-0.39, 0.29) is 18.4 Å².